The summed E-state index contributed by atoms with van der Waals surface area (Å²) in [5.74, 6) is -0.903. The highest BCUT2D eigenvalue weighted by Gasteiger charge is 2.37. The van der Waals surface area contributed by atoms with Gasteiger partial charge in [0, 0.05) is 18.4 Å². The minimum Gasteiger partial charge on any atom is -0.353 e. The molecule has 1 heterocycles. The van der Waals surface area contributed by atoms with Crippen molar-refractivity contribution in [3.05, 3.63) is 40.6 Å². The highest BCUT2D eigenvalue weighted by atomic mass is 35.5. The van der Waals surface area contributed by atoms with E-state index in [0.717, 1.165) is 42.8 Å². The van der Waals surface area contributed by atoms with Crippen LogP contribution in [-0.2, 0) is 19.6 Å². The molecule has 3 rings (SSSR count). The van der Waals surface area contributed by atoms with Crippen LogP contribution in [0.5, 0.6) is 0 Å². The summed E-state index contributed by atoms with van der Waals surface area (Å²) in [4.78, 5) is 25.0. The van der Waals surface area contributed by atoms with E-state index in [1.807, 2.05) is 0 Å². The van der Waals surface area contributed by atoms with Crippen molar-refractivity contribution in [3.63, 3.8) is 0 Å². The summed E-state index contributed by atoms with van der Waals surface area (Å²) in [7, 11) is -4.11. The van der Waals surface area contributed by atoms with Gasteiger partial charge in [0.05, 0.1) is 21.4 Å². The predicted octanol–water partition coefficient (Wildman–Crippen LogP) is 3.57. The van der Waals surface area contributed by atoms with Gasteiger partial charge in [-0.2, -0.15) is 0 Å². The van der Waals surface area contributed by atoms with E-state index in [2.05, 4.69) is 10.6 Å². The number of carbonyl (C=O) groups excluding carboxylic acids is 2. The third-order valence-electron chi connectivity index (χ3n) is 5.37. The zero-order valence-electron chi connectivity index (χ0n) is 16.4. The van der Waals surface area contributed by atoms with Crippen molar-refractivity contribution >= 4 is 45.0 Å². The molecule has 0 bridgehead atoms. The van der Waals surface area contributed by atoms with E-state index in [1.165, 1.54) is 37.0 Å². The van der Waals surface area contributed by atoms with Crippen molar-refractivity contribution in [1.29, 1.82) is 0 Å². The van der Waals surface area contributed by atoms with E-state index in [1.54, 1.807) is 0 Å². The van der Waals surface area contributed by atoms with Crippen molar-refractivity contribution < 1.29 is 18.0 Å². The molecule has 1 atom stereocenters. The number of hydrogen-bond acceptors (Lipinski definition) is 4. The van der Waals surface area contributed by atoms with Gasteiger partial charge in [-0.05, 0) is 31.0 Å². The number of amides is 2. The molecule has 1 aliphatic carbocycles. The Morgan fingerprint density at radius 1 is 1.10 bits per heavy atom. The van der Waals surface area contributed by atoms with E-state index in [9.17, 15) is 18.0 Å². The maximum absolute atomic E-state index is 13.1. The molecule has 2 amide bonds. The molecular weight excluding hydrogens is 449 g/mol. The monoisotopic (exact) mass is 473 g/mol. The van der Waals surface area contributed by atoms with Crippen molar-refractivity contribution in [1.82, 2.24) is 14.9 Å². The number of sulfonamides is 1. The van der Waals surface area contributed by atoms with E-state index >= 15 is 0 Å². The average molecular weight is 474 g/mol. The highest BCUT2D eigenvalue weighted by molar-refractivity contribution is 7.89. The van der Waals surface area contributed by atoms with Crippen LogP contribution in [-0.4, -0.2) is 36.6 Å². The van der Waals surface area contributed by atoms with Crippen LogP contribution in [0.2, 0.25) is 10.0 Å². The second kappa shape index (κ2) is 10.0. The molecule has 164 valence electrons. The van der Waals surface area contributed by atoms with Gasteiger partial charge in [-0.15, -0.1) is 0 Å². The Bertz CT molecular complexity index is 928. The molecule has 30 heavy (non-hydrogen) atoms. The minimum absolute atomic E-state index is 0.0557. The molecule has 7 nitrogen and oxygen atoms in total. The van der Waals surface area contributed by atoms with E-state index < -0.39 is 22.0 Å². The molecule has 2 N–H and O–H groups in total. The number of nitrogens with one attached hydrogen (secondary N) is 2. The Labute approximate surface area is 186 Å². The van der Waals surface area contributed by atoms with Crippen LogP contribution >= 0.6 is 23.2 Å². The van der Waals surface area contributed by atoms with Crippen molar-refractivity contribution in [2.45, 2.75) is 68.3 Å². The molecule has 10 heteroatoms. The van der Waals surface area contributed by atoms with Gasteiger partial charge in [-0.1, -0.05) is 55.3 Å². The zero-order chi connectivity index (χ0) is 21.7. The van der Waals surface area contributed by atoms with Crippen LogP contribution in [0.3, 0.4) is 0 Å². The first-order valence-electron chi connectivity index (χ1n) is 10.0. The molecule has 1 aromatic carbocycles. The molecule has 1 aliphatic heterocycles. The smallest absolute Gasteiger partial charge is 0.264 e. The molecule has 1 saturated carbocycles. The maximum Gasteiger partial charge on any atom is 0.264 e. The van der Waals surface area contributed by atoms with Gasteiger partial charge in [-0.25, -0.2) is 8.42 Å². The van der Waals surface area contributed by atoms with Crippen LogP contribution in [0.4, 0.5) is 0 Å². The molecule has 0 radical (unpaired) electrons. The fraction of sp³-hybridized carbons (Fsp3) is 0.500. The lowest BCUT2D eigenvalue weighted by Gasteiger charge is -2.31. The van der Waals surface area contributed by atoms with E-state index in [0.29, 0.717) is 0 Å². The average Bonchev–Trinajstić information content (AvgIpc) is 2.67. The second-order valence-corrected chi connectivity index (χ2v) is 10.2. The summed E-state index contributed by atoms with van der Waals surface area (Å²) in [6.07, 6.45) is 9.62. The Hall–Kier alpha value is -1.77. The lowest BCUT2D eigenvalue weighted by atomic mass is 9.96. The van der Waals surface area contributed by atoms with Gasteiger partial charge in [0.25, 0.3) is 10.0 Å². The zero-order valence-corrected chi connectivity index (χ0v) is 18.8. The van der Waals surface area contributed by atoms with Crippen LogP contribution in [0.15, 0.2) is 35.5 Å². The van der Waals surface area contributed by atoms with Gasteiger partial charge < -0.3 is 10.6 Å². The quantitative estimate of drug-likeness (QED) is 0.682. The Balaban J connectivity index is 1.76. The molecule has 0 spiro atoms. The topological polar surface area (TPSA) is 95.6 Å². The molecular formula is C20H25Cl2N3O4S. The third-order valence-corrected chi connectivity index (χ3v) is 7.89. The van der Waals surface area contributed by atoms with Crippen LogP contribution < -0.4 is 10.6 Å². The maximum atomic E-state index is 13.1. The summed E-state index contributed by atoms with van der Waals surface area (Å²) >= 11 is 11.8. The van der Waals surface area contributed by atoms with Gasteiger partial charge >= 0.3 is 0 Å². The SMILES string of the molecule is O=C(C[C@@H]1C(=O)NC=CN1S(=O)(=O)c1ccc(Cl)c(Cl)c1)NC1CCCCCCC1. The second-order valence-electron chi connectivity index (χ2n) is 7.56. The van der Waals surface area contributed by atoms with Gasteiger partial charge in [-0.3, -0.25) is 13.9 Å². The lowest BCUT2D eigenvalue weighted by molar-refractivity contribution is -0.129. The van der Waals surface area contributed by atoms with Crippen LogP contribution in [0, 0.1) is 0 Å². The summed E-state index contributed by atoms with van der Waals surface area (Å²) in [5, 5.41) is 5.77. The Kier molecular flexibility index (Phi) is 7.65. The summed E-state index contributed by atoms with van der Waals surface area (Å²) in [6.45, 7) is 0. The molecule has 0 saturated heterocycles. The normalized spacial score (nSPS) is 20.9. The molecule has 2 aliphatic rings. The van der Waals surface area contributed by atoms with Crippen molar-refractivity contribution in [2.24, 2.45) is 0 Å². The summed E-state index contributed by atoms with van der Waals surface area (Å²) < 4.78 is 27.2. The van der Waals surface area contributed by atoms with Crippen LogP contribution in [0.25, 0.3) is 0 Å². The first kappa shape index (κ1) is 22.9. The molecule has 1 fully saturated rings. The largest absolute Gasteiger partial charge is 0.353 e. The summed E-state index contributed by atoms with van der Waals surface area (Å²) in [6, 6.07) is 2.78. The number of nitrogens with zero attached hydrogens (tertiary/aromatic N) is 1. The fourth-order valence-electron chi connectivity index (χ4n) is 3.76. The number of rotatable bonds is 5. The summed E-state index contributed by atoms with van der Waals surface area (Å²) in [5.41, 5.74) is 0. The molecule has 1 aromatic rings. The van der Waals surface area contributed by atoms with Crippen molar-refractivity contribution in [3.8, 4) is 0 Å². The number of carbonyl (C=O) groups is 2. The fourth-order valence-corrected chi connectivity index (χ4v) is 5.60. The van der Waals surface area contributed by atoms with Gasteiger partial charge in [0.15, 0.2) is 0 Å². The predicted molar refractivity (Wildman–Crippen MR) is 115 cm³/mol. The number of hydrogen-bond donors (Lipinski definition) is 2. The molecule has 0 aromatic heterocycles. The Morgan fingerprint density at radius 2 is 1.77 bits per heavy atom. The van der Waals surface area contributed by atoms with Gasteiger partial charge in [0.2, 0.25) is 11.8 Å². The van der Waals surface area contributed by atoms with E-state index in [-0.39, 0.29) is 33.3 Å². The molecule has 0 unspecified atom stereocenters. The number of halogens is 2. The highest BCUT2D eigenvalue weighted by Crippen LogP contribution is 2.28. The van der Waals surface area contributed by atoms with Crippen molar-refractivity contribution in [2.75, 3.05) is 0 Å². The lowest BCUT2D eigenvalue weighted by Crippen LogP contribution is -2.51. The third kappa shape index (κ3) is 5.47. The number of benzene rings is 1. The first-order valence-corrected chi connectivity index (χ1v) is 12.2. The first-order chi connectivity index (χ1) is 14.3. The minimum atomic E-state index is -4.11. The van der Waals surface area contributed by atoms with E-state index in [4.69, 9.17) is 23.2 Å². The van der Waals surface area contributed by atoms with Crippen LogP contribution in [0.1, 0.15) is 51.4 Å². The van der Waals surface area contributed by atoms with Gasteiger partial charge in [0.1, 0.15) is 6.04 Å². The standard InChI is InChI=1S/C20H25Cl2N3O4S/c21-16-9-8-15(12-17(16)22)30(28,29)25-11-10-23-20(27)18(25)13-19(26)24-14-6-4-2-1-3-5-7-14/h8-12,14,18H,1-7,13H2,(H,23,27)(H,24,26)/t18-/m1/s1. The Morgan fingerprint density at radius 3 is 2.43 bits per heavy atom.